The van der Waals surface area contributed by atoms with Crippen LogP contribution >= 0.6 is 35.6 Å². The van der Waals surface area contributed by atoms with Gasteiger partial charge in [0.05, 0.1) is 4.91 Å². The molecule has 2 amide bonds. The van der Waals surface area contributed by atoms with Gasteiger partial charge in [-0.25, -0.2) is 0 Å². The first-order valence-electron chi connectivity index (χ1n) is 9.80. The van der Waals surface area contributed by atoms with E-state index in [1.807, 2.05) is 60.7 Å². The van der Waals surface area contributed by atoms with Crippen LogP contribution in [0.25, 0.3) is 16.8 Å². The van der Waals surface area contributed by atoms with E-state index >= 15 is 0 Å². The normalized spacial score (nSPS) is 15.1. The molecule has 1 heterocycles. The standard InChI is InChI=1S/C24H19ClN2O2S2/c25-20-9-4-3-8-18(20)15-21-23(29)27(24(30)31-21)13-5-10-22(28)26-19-12-11-16-6-1-2-7-17(16)14-19/h1-4,6-9,11-12,14-15H,5,10,13H2,(H,26,28). The minimum absolute atomic E-state index is 0.0904. The Morgan fingerprint density at radius 1 is 1.06 bits per heavy atom. The predicted molar refractivity (Wildman–Crippen MR) is 133 cm³/mol. The summed E-state index contributed by atoms with van der Waals surface area (Å²) in [6.45, 7) is 0.398. The summed E-state index contributed by atoms with van der Waals surface area (Å²) in [5.74, 6) is -0.239. The summed E-state index contributed by atoms with van der Waals surface area (Å²) in [5.41, 5.74) is 1.54. The SMILES string of the molecule is O=C(CCCN1C(=O)C(=Cc2ccccc2Cl)SC1=S)Nc1ccc2ccccc2c1. The number of halogens is 1. The van der Waals surface area contributed by atoms with E-state index in [0.717, 1.165) is 22.0 Å². The predicted octanol–water partition coefficient (Wildman–Crippen LogP) is 6.11. The van der Waals surface area contributed by atoms with Crippen molar-refractivity contribution in [1.82, 2.24) is 4.90 Å². The minimum atomic E-state index is -0.148. The molecule has 1 aliphatic rings. The van der Waals surface area contributed by atoms with Crippen LogP contribution in [0.15, 0.2) is 71.6 Å². The Labute approximate surface area is 195 Å². The lowest BCUT2D eigenvalue weighted by molar-refractivity contribution is -0.122. The number of amides is 2. The van der Waals surface area contributed by atoms with Crippen molar-refractivity contribution in [3.63, 3.8) is 0 Å². The third-order valence-electron chi connectivity index (χ3n) is 4.88. The maximum Gasteiger partial charge on any atom is 0.266 e. The van der Waals surface area contributed by atoms with E-state index in [0.29, 0.717) is 33.6 Å². The van der Waals surface area contributed by atoms with Gasteiger partial charge in [-0.05, 0) is 47.0 Å². The molecule has 1 N–H and O–H groups in total. The Morgan fingerprint density at radius 2 is 1.81 bits per heavy atom. The number of hydrogen-bond donors (Lipinski definition) is 1. The van der Waals surface area contributed by atoms with Crippen molar-refractivity contribution in [1.29, 1.82) is 0 Å². The molecule has 1 aliphatic heterocycles. The molecule has 4 nitrogen and oxygen atoms in total. The molecular formula is C24H19ClN2O2S2. The van der Waals surface area contributed by atoms with E-state index in [2.05, 4.69) is 5.32 Å². The Kier molecular flexibility index (Phi) is 6.70. The van der Waals surface area contributed by atoms with E-state index in [-0.39, 0.29) is 11.8 Å². The molecule has 31 heavy (non-hydrogen) atoms. The van der Waals surface area contributed by atoms with Crippen LogP contribution in [0.4, 0.5) is 5.69 Å². The first kappa shape index (κ1) is 21.6. The number of carbonyl (C=O) groups is 2. The highest BCUT2D eigenvalue weighted by Gasteiger charge is 2.31. The van der Waals surface area contributed by atoms with Gasteiger partial charge in [0.25, 0.3) is 5.91 Å². The number of thioether (sulfide) groups is 1. The molecular weight excluding hydrogens is 448 g/mol. The van der Waals surface area contributed by atoms with Gasteiger partial charge in [-0.3, -0.25) is 14.5 Å². The molecule has 0 spiro atoms. The number of fused-ring (bicyclic) bond motifs is 1. The molecule has 3 aromatic rings. The zero-order chi connectivity index (χ0) is 21.8. The van der Waals surface area contributed by atoms with Crippen molar-refractivity contribution in [2.75, 3.05) is 11.9 Å². The van der Waals surface area contributed by atoms with Crippen LogP contribution in [0.2, 0.25) is 5.02 Å². The average molecular weight is 467 g/mol. The maximum atomic E-state index is 12.7. The third kappa shape index (κ3) is 5.15. The zero-order valence-electron chi connectivity index (χ0n) is 16.5. The number of hydrogen-bond acceptors (Lipinski definition) is 4. The molecule has 1 fully saturated rings. The van der Waals surface area contributed by atoms with Crippen LogP contribution in [0, 0.1) is 0 Å². The molecule has 4 rings (SSSR count). The number of carbonyl (C=O) groups excluding carboxylic acids is 2. The van der Waals surface area contributed by atoms with E-state index in [1.165, 1.54) is 11.8 Å². The third-order valence-corrected chi connectivity index (χ3v) is 6.61. The molecule has 0 bridgehead atoms. The molecule has 3 aromatic carbocycles. The lowest BCUT2D eigenvalue weighted by atomic mass is 10.1. The molecule has 1 saturated heterocycles. The van der Waals surface area contributed by atoms with E-state index in [4.69, 9.17) is 23.8 Å². The highest BCUT2D eigenvalue weighted by atomic mass is 35.5. The summed E-state index contributed by atoms with van der Waals surface area (Å²) >= 11 is 12.8. The molecule has 0 atom stereocenters. The van der Waals surface area contributed by atoms with Crippen molar-refractivity contribution in [2.24, 2.45) is 0 Å². The quantitative estimate of drug-likeness (QED) is 0.351. The van der Waals surface area contributed by atoms with Gasteiger partial charge in [-0.1, -0.05) is 84.1 Å². The van der Waals surface area contributed by atoms with Gasteiger partial charge in [-0.15, -0.1) is 0 Å². The number of nitrogens with zero attached hydrogens (tertiary/aromatic N) is 1. The fourth-order valence-corrected chi connectivity index (χ4v) is 4.80. The Morgan fingerprint density at radius 3 is 2.61 bits per heavy atom. The number of anilines is 1. The van der Waals surface area contributed by atoms with Crippen molar-refractivity contribution >= 4 is 74.3 Å². The van der Waals surface area contributed by atoms with Gasteiger partial charge in [0.1, 0.15) is 4.32 Å². The largest absolute Gasteiger partial charge is 0.326 e. The second-order valence-corrected chi connectivity index (χ2v) is 9.15. The van der Waals surface area contributed by atoms with E-state index in [1.54, 1.807) is 17.0 Å². The second kappa shape index (κ2) is 9.64. The molecule has 156 valence electrons. The summed E-state index contributed by atoms with van der Waals surface area (Å²) in [6.07, 6.45) is 2.58. The second-order valence-electron chi connectivity index (χ2n) is 7.07. The minimum Gasteiger partial charge on any atom is -0.326 e. The van der Waals surface area contributed by atoms with Gasteiger partial charge in [0.2, 0.25) is 5.91 Å². The number of nitrogens with one attached hydrogen (secondary N) is 1. The average Bonchev–Trinajstić information content (AvgIpc) is 3.02. The topological polar surface area (TPSA) is 49.4 Å². The molecule has 0 saturated carbocycles. The van der Waals surface area contributed by atoms with Crippen molar-refractivity contribution in [3.8, 4) is 0 Å². The van der Waals surface area contributed by atoms with Crippen LogP contribution in [0.5, 0.6) is 0 Å². The first-order valence-corrected chi connectivity index (χ1v) is 11.4. The first-order chi connectivity index (χ1) is 15.0. The molecule has 0 aliphatic carbocycles. The molecule has 0 radical (unpaired) electrons. The summed E-state index contributed by atoms with van der Waals surface area (Å²) in [5, 5.41) is 5.70. The fraction of sp³-hybridized carbons (Fsp3) is 0.125. The molecule has 0 unspecified atom stereocenters. The van der Waals surface area contributed by atoms with Crippen molar-refractivity contribution < 1.29 is 9.59 Å². The Hall–Kier alpha value is -2.67. The van der Waals surface area contributed by atoms with Crippen LogP contribution in [-0.2, 0) is 9.59 Å². The lowest BCUT2D eigenvalue weighted by Gasteiger charge is -2.14. The summed E-state index contributed by atoms with van der Waals surface area (Å²) < 4.78 is 0.498. The van der Waals surface area contributed by atoms with Crippen molar-refractivity contribution in [3.05, 3.63) is 82.2 Å². The van der Waals surface area contributed by atoms with Crippen LogP contribution in [0.3, 0.4) is 0 Å². The van der Waals surface area contributed by atoms with Crippen LogP contribution < -0.4 is 5.32 Å². The number of benzene rings is 3. The zero-order valence-corrected chi connectivity index (χ0v) is 18.9. The van der Waals surface area contributed by atoms with Crippen molar-refractivity contribution in [2.45, 2.75) is 12.8 Å². The van der Waals surface area contributed by atoms with E-state index < -0.39 is 0 Å². The van der Waals surface area contributed by atoms with Gasteiger partial charge in [0.15, 0.2) is 0 Å². The van der Waals surface area contributed by atoms with Gasteiger partial charge >= 0.3 is 0 Å². The van der Waals surface area contributed by atoms with Gasteiger partial charge < -0.3 is 5.32 Å². The summed E-state index contributed by atoms with van der Waals surface area (Å²) in [6, 6.07) is 21.2. The smallest absolute Gasteiger partial charge is 0.266 e. The van der Waals surface area contributed by atoms with Crippen LogP contribution in [0.1, 0.15) is 18.4 Å². The van der Waals surface area contributed by atoms with Gasteiger partial charge in [0, 0.05) is 23.7 Å². The highest BCUT2D eigenvalue weighted by molar-refractivity contribution is 8.26. The molecule has 0 aromatic heterocycles. The Balaban J connectivity index is 1.32. The maximum absolute atomic E-state index is 12.7. The summed E-state index contributed by atoms with van der Waals surface area (Å²) in [4.78, 5) is 27.2. The summed E-state index contributed by atoms with van der Waals surface area (Å²) in [7, 11) is 0. The number of rotatable bonds is 6. The highest BCUT2D eigenvalue weighted by Crippen LogP contribution is 2.33. The molecule has 7 heteroatoms. The van der Waals surface area contributed by atoms with E-state index in [9.17, 15) is 9.59 Å². The lowest BCUT2D eigenvalue weighted by Crippen LogP contribution is -2.29. The fourth-order valence-electron chi connectivity index (χ4n) is 3.31. The monoisotopic (exact) mass is 466 g/mol. The number of thiocarbonyl (C=S) groups is 1. The Bertz CT molecular complexity index is 1210. The van der Waals surface area contributed by atoms with Crippen LogP contribution in [-0.4, -0.2) is 27.6 Å². The van der Waals surface area contributed by atoms with Gasteiger partial charge in [-0.2, -0.15) is 0 Å².